The topological polar surface area (TPSA) is 41.1 Å². The van der Waals surface area contributed by atoms with E-state index < -0.39 is 0 Å². The molecule has 0 aromatic heterocycles. The van der Waals surface area contributed by atoms with Crippen molar-refractivity contribution in [2.75, 3.05) is 11.9 Å². The molecular formula is C17H26N2O. The number of hydrogen-bond acceptors (Lipinski definition) is 2. The van der Waals surface area contributed by atoms with Gasteiger partial charge in [-0.2, -0.15) is 0 Å². The molecule has 1 amide bonds. The number of hydrogen-bond donors (Lipinski definition) is 2. The Balaban J connectivity index is 1.85. The van der Waals surface area contributed by atoms with Crippen molar-refractivity contribution in [3.05, 3.63) is 29.8 Å². The van der Waals surface area contributed by atoms with E-state index >= 15 is 0 Å². The Bertz CT molecular complexity index is 427. The lowest BCUT2D eigenvalue weighted by Gasteiger charge is -2.15. The summed E-state index contributed by atoms with van der Waals surface area (Å²) in [6.07, 6.45) is 5.98. The number of carbonyl (C=O) groups excluding carboxylic acids is 1. The van der Waals surface area contributed by atoms with Gasteiger partial charge in [-0.25, -0.2) is 0 Å². The van der Waals surface area contributed by atoms with Crippen molar-refractivity contribution < 1.29 is 4.79 Å². The molecule has 2 N–H and O–H groups in total. The first-order chi connectivity index (χ1) is 9.70. The van der Waals surface area contributed by atoms with E-state index in [1.807, 2.05) is 12.1 Å². The first-order valence-electron chi connectivity index (χ1n) is 7.84. The summed E-state index contributed by atoms with van der Waals surface area (Å²) in [4.78, 5) is 12.1. The predicted molar refractivity (Wildman–Crippen MR) is 83.9 cm³/mol. The third-order valence-electron chi connectivity index (χ3n) is 4.11. The first kappa shape index (κ1) is 15.0. The van der Waals surface area contributed by atoms with Gasteiger partial charge in [-0.15, -0.1) is 0 Å². The van der Waals surface area contributed by atoms with E-state index in [0.717, 1.165) is 25.1 Å². The van der Waals surface area contributed by atoms with E-state index in [2.05, 4.69) is 36.6 Å². The summed E-state index contributed by atoms with van der Waals surface area (Å²) in [7, 11) is 0. The molecule has 2 unspecified atom stereocenters. The van der Waals surface area contributed by atoms with Gasteiger partial charge in [0.25, 0.3) is 0 Å². The number of carbonyl (C=O) groups is 1. The van der Waals surface area contributed by atoms with Crippen molar-refractivity contribution >= 4 is 11.6 Å². The van der Waals surface area contributed by atoms with Crippen molar-refractivity contribution in [1.29, 1.82) is 0 Å². The summed E-state index contributed by atoms with van der Waals surface area (Å²) < 4.78 is 0. The molecule has 0 radical (unpaired) electrons. The zero-order valence-electron chi connectivity index (χ0n) is 12.6. The van der Waals surface area contributed by atoms with E-state index in [1.54, 1.807) is 0 Å². The van der Waals surface area contributed by atoms with Crippen molar-refractivity contribution in [2.45, 2.75) is 52.0 Å². The molecule has 0 bridgehead atoms. The van der Waals surface area contributed by atoms with Crippen LogP contribution in [0.1, 0.15) is 45.1 Å². The van der Waals surface area contributed by atoms with Crippen molar-refractivity contribution in [3.8, 4) is 0 Å². The van der Waals surface area contributed by atoms with Crippen LogP contribution in [0, 0.1) is 5.92 Å². The van der Waals surface area contributed by atoms with Crippen LogP contribution in [0.2, 0.25) is 0 Å². The van der Waals surface area contributed by atoms with Gasteiger partial charge in [-0.05, 0) is 49.4 Å². The molecule has 1 saturated heterocycles. The lowest BCUT2D eigenvalue weighted by molar-refractivity contribution is -0.118. The molecule has 1 heterocycles. The molecule has 3 nitrogen and oxygen atoms in total. The summed E-state index contributed by atoms with van der Waals surface area (Å²) in [6.45, 7) is 5.29. The van der Waals surface area contributed by atoms with Crippen LogP contribution in [0.25, 0.3) is 0 Å². The molecule has 0 saturated carbocycles. The van der Waals surface area contributed by atoms with Crippen LogP contribution in [0.5, 0.6) is 0 Å². The smallest absolute Gasteiger partial charge is 0.241 e. The van der Waals surface area contributed by atoms with Crippen LogP contribution in [0.3, 0.4) is 0 Å². The highest BCUT2D eigenvalue weighted by Crippen LogP contribution is 2.17. The number of amides is 1. The molecule has 3 heteroatoms. The standard InChI is InChI=1S/C17H26N2O/c1-3-4-5-6-14-7-9-15(10-8-14)19-17(20)16-13(2)11-12-18-16/h7-10,13,16,18H,3-6,11-12H2,1-2H3,(H,19,20). The fourth-order valence-electron chi connectivity index (χ4n) is 2.74. The molecule has 2 rings (SSSR count). The average Bonchev–Trinajstić information content (AvgIpc) is 2.87. The Morgan fingerprint density at radius 2 is 2.05 bits per heavy atom. The molecule has 1 aliphatic rings. The minimum Gasteiger partial charge on any atom is -0.325 e. The van der Waals surface area contributed by atoms with E-state index in [1.165, 1.54) is 24.8 Å². The van der Waals surface area contributed by atoms with Crippen LogP contribution >= 0.6 is 0 Å². The summed E-state index contributed by atoms with van der Waals surface area (Å²) in [5, 5.41) is 6.27. The lowest BCUT2D eigenvalue weighted by atomic mass is 10.0. The summed E-state index contributed by atoms with van der Waals surface area (Å²) >= 11 is 0. The van der Waals surface area contributed by atoms with E-state index in [-0.39, 0.29) is 11.9 Å². The molecule has 110 valence electrons. The van der Waals surface area contributed by atoms with Gasteiger partial charge in [0.05, 0.1) is 6.04 Å². The third kappa shape index (κ3) is 4.07. The average molecular weight is 274 g/mol. The summed E-state index contributed by atoms with van der Waals surface area (Å²) in [6, 6.07) is 8.23. The van der Waals surface area contributed by atoms with Gasteiger partial charge in [0.15, 0.2) is 0 Å². The quantitative estimate of drug-likeness (QED) is 0.781. The van der Waals surface area contributed by atoms with Crippen LogP contribution in [-0.2, 0) is 11.2 Å². The van der Waals surface area contributed by atoms with Gasteiger partial charge >= 0.3 is 0 Å². The van der Waals surface area contributed by atoms with Crippen LogP contribution in [-0.4, -0.2) is 18.5 Å². The zero-order chi connectivity index (χ0) is 14.4. The second-order valence-electron chi connectivity index (χ2n) is 5.84. The first-order valence-corrected chi connectivity index (χ1v) is 7.84. The fraction of sp³-hybridized carbons (Fsp3) is 0.588. The maximum absolute atomic E-state index is 12.1. The van der Waals surface area contributed by atoms with Crippen molar-refractivity contribution in [1.82, 2.24) is 5.32 Å². The Morgan fingerprint density at radius 3 is 2.65 bits per heavy atom. The molecule has 1 aromatic rings. The second-order valence-corrected chi connectivity index (χ2v) is 5.84. The minimum atomic E-state index is -0.0424. The Morgan fingerprint density at radius 1 is 1.30 bits per heavy atom. The van der Waals surface area contributed by atoms with Gasteiger partial charge in [-0.3, -0.25) is 4.79 Å². The number of benzene rings is 1. The molecule has 1 aromatic carbocycles. The monoisotopic (exact) mass is 274 g/mol. The van der Waals surface area contributed by atoms with E-state index in [0.29, 0.717) is 5.92 Å². The van der Waals surface area contributed by atoms with Gasteiger partial charge in [0, 0.05) is 5.69 Å². The van der Waals surface area contributed by atoms with Gasteiger partial charge in [0.2, 0.25) is 5.91 Å². The van der Waals surface area contributed by atoms with Gasteiger partial charge in [-0.1, -0.05) is 38.8 Å². The van der Waals surface area contributed by atoms with Gasteiger partial charge in [0.1, 0.15) is 0 Å². The molecule has 20 heavy (non-hydrogen) atoms. The number of rotatable bonds is 6. The Labute approximate surface area is 122 Å². The predicted octanol–water partition coefficient (Wildman–Crippen LogP) is 3.36. The SMILES string of the molecule is CCCCCc1ccc(NC(=O)C2NCCC2C)cc1. The van der Waals surface area contributed by atoms with Crippen molar-refractivity contribution in [3.63, 3.8) is 0 Å². The number of unbranched alkanes of at least 4 members (excludes halogenated alkanes) is 2. The molecule has 0 spiro atoms. The van der Waals surface area contributed by atoms with Crippen LogP contribution < -0.4 is 10.6 Å². The lowest BCUT2D eigenvalue weighted by Crippen LogP contribution is -2.39. The van der Waals surface area contributed by atoms with Crippen molar-refractivity contribution in [2.24, 2.45) is 5.92 Å². The third-order valence-corrected chi connectivity index (χ3v) is 4.11. The normalized spacial score (nSPS) is 21.9. The Kier molecular flexibility index (Phi) is 5.60. The number of nitrogens with one attached hydrogen (secondary N) is 2. The highest BCUT2D eigenvalue weighted by atomic mass is 16.2. The van der Waals surface area contributed by atoms with Crippen LogP contribution in [0.4, 0.5) is 5.69 Å². The number of anilines is 1. The molecule has 1 fully saturated rings. The van der Waals surface area contributed by atoms with Gasteiger partial charge < -0.3 is 10.6 Å². The summed E-state index contributed by atoms with van der Waals surface area (Å²) in [5.41, 5.74) is 2.25. The summed E-state index contributed by atoms with van der Waals surface area (Å²) in [5.74, 6) is 0.511. The molecule has 2 atom stereocenters. The minimum absolute atomic E-state index is 0.0424. The largest absolute Gasteiger partial charge is 0.325 e. The zero-order valence-corrected chi connectivity index (χ0v) is 12.6. The Hall–Kier alpha value is -1.35. The maximum Gasteiger partial charge on any atom is 0.241 e. The molecule has 0 aliphatic carbocycles. The number of aryl methyl sites for hydroxylation is 1. The maximum atomic E-state index is 12.1. The highest BCUT2D eigenvalue weighted by molar-refractivity contribution is 5.95. The fourth-order valence-corrected chi connectivity index (χ4v) is 2.74. The molecule has 1 aliphatic heterocycles. The van der Waals surface area contributed by atoms with E-state index in [9.17, 15) is 4.79 Å². The van der Waals surface area contributed by atoms with Crippen LogP contribution in [0.15, 0.2) is 24.3 Å². The van der Waals surface area contributed by atoms with E-state index in [4.69, 9.17) is 0 Å². The molecular weight excluding hydrogens is 248 g/mol. The second kappa shape index (κ2) is 7.44. The highest BCUT2D eigenvalue weighted by Gasteiger charge is 2.29.